The molecule has 0 aliphatic rings. The molecule has 0 fully saturated rings. The van der Waals surface area contributed by atoms with Crippen LogP contribution in [0.3, 0.4) is 0 Å². The Labute approximate surface area is 321 Å². The quantitative estimate of drug-likeness (QED) is 0.167. The third kappa shape index (κ3) is 4.64. The molecule has 3 aromatic heterocycles. The summed E-state index contributed by atoms with van der Waals surface area (Å²) in [5.74, 6) is 1.86. The highest BCUT2D eigenvalue weighted by atomic mass is 15.2. The van der Waals surface area contributed by atoms with E-state index in [4.69, 9.17) is 15.0 Å². The third-order valence-electron chi connectivity index (χ3n) is 11.3. The molecule has 9 aromatic carbocycles. The van der Waals surface area contributed by atoms with Crippen molar-refractivity contribution in [1.82, 2.24) is 24.1 Å². The molecule has 5 heteroatoms. The van der Waals surface area contributed by atoms with Gasteiger partial charge in [0.15, 0.2) is 11.6 Å². The van der Waals surface area contributed by atoms with Crippen LogP contribution in [0.4, 0.5) is 0 Å². The van der Waals surface area contributed by atoms with E-state index < -0.39 is 0 Å². The Morgan fingerprint density at radius 2 is 0.929 bits per heavy atom. The Morgan fingerprint density at radius 3 is 1.73 bits per heavy atom. The van der Waals surface area contributed by atoms with Crippen molar-refractivity contribution in [3.63, 3.8) is 0 Å². The number of fused-ring (bicyclic) bond motifs is 4. The molecule has 12 aromatic rings. The minimum Gasteiger partial charge on any atom is -0.309 e. The topological polar surface area (TPSA) is 48.5 Å². The lowest BCUT2D eigenvalue weighted by atomic mass is 9.96. The van der Waals surface area contributed by atoms with Crippen LogP contribution in [0, 0.1) is 0 Å². The summed E-state index contributed by atoms with van der Waals surface area (Å²) >= 11 is 0. The summed E-state index contributed by atoms with van der Waals surface area (Å²) in [4.78, 5) is 15.2. The molecule has 0 unspecified atom stereocenters. The van der Waals surface area contributed by atoms with Crippen molar-refractivity contribution in [2.24, 2.45) is 0 Å². The van der Waals surface area contributed by atoms with Crippen LogP contribution in [-0.4, -0.2) is 24.1 Å². The summed E-state index contributed by atoms with van der Waals surface area (Å²) in [6.45, 7) is 0. The van der Waals surface area contributed by atoms with Crippen molar-refractivity contribution in [3.8, 4) is 45.5 Å². The van der Waals surface area contributed by atoms with Crippen molar-refractivity contribution in [1.29, 1.82) is 0 Å². The van der Waals surface area contributed by atoms with Crippen molar-refractivity contribution in [2.45, 2.75) is 0 Å². The minimum absolute atomic E-state index is 0.586. The minimum atomic E-state index is 0.586. The first-order chi connectivity index (χ1) is 27.7. The first-order valence-electron chi connectivity index (χ1n) is 18.9. The number of rotatable bonds is 5. The maximum Gasteiger partial charge on any atom is 0.238 e. The fourth-order valence-corrected chi connectivity index (χ4v) is 8.72. The molecular formula is C51H31N5. The smallest absolute Gasteiger partial charge is 0.238 e. The van der Waals surface area contributed by atoms with Crippen LogP contribution in [0.15, 0.2) is 188 Å². The average molecular weight is 714 g/mol. The highest BCUT2D eigenvalue weighted by Crippen LogP contribution is 2.42. The molecule has 56 heavy (non-hydrogen) atoms. The summed E-state index contributed by atoms with van der Waals surface area (Å²) in [6.07, 6.45) is 0. The van der Waals surface area contributed by atoms with Gasteiger partial charge in [-0.25, -0.2) is 4.98 Å². The second-order valence-corrected chi connectivity index (χ2v) is 14.5. The molecule has 0 aliphatic carbocycles. The molecule has 0 bridgehead atoms. The SMILES string of the molecule is c1ccc(-c2nc(-c3ccccc3)nc(-n3c4ccccc4c4cc(-c5cc6ccc7cccc8c7c6c(c5)n8-c5ccc6ccccc6c5)ccc43)n2)cc1. The molecule has 260 valence electrons. The zero-order chi connectivity index (χ0) is 36.7. The fourth-order valence-electron chi connectivity index (χ4n) is 8.72. The number of benzene rings is 9. The van der Waals surface area contributed by atoms with E-state index in [1.54, 1.807) is 0 Å². The predicted octanol–water partition coefficient (Wildman–Crippen LogP) is 12.8. The maximum atomic E-state index is 5.12. The lowest BCUT2D eigenvalue weighted by Crippen LogP contribution is -2.06. The van der Waals surface area contributed by atoms with E-state index >= 15 is 0 Å². The molecule has 0 amide bonds. The number of nitrogens with zero attached hydrogens (tertiary/aromatic N) is 5. The van der Waals surface area contributed by atoms with E-state index in [1.165, 1.54) is 48.9 Å². The molecule has 0 saturated carbocycles. The predicted molar refractivity (Wildman–Crippen MR) is 231 cm³/mol. The van der Waals surface area contributed by atoms with Gasteiger partial charge < -0.3 is 4.57 Å². The first-order valence-corrected chi connectivity index (χ1v) is 18.9. The van der Waals surface area contributed by atoms with Gasteiger partial charge in [-0.3, -0.25) is 4.57 Å². The average Bonchev–Trinajstić information content (AvgIpc) is 3.79. The Kier molecular flexibility index (Phi) is 6.56. The van der Waals surface area contributed by atoms with Gasteiger partial charge >= 0.3 is 0 Å². The van der Waals surface area contributed by atoms with Gasteiger partial charge in [-0.05, 0) is 81.2 Å². The molecule has 12 rings (SSSR count). The molecule has 0 atom stereocenters. The number of aromatic nitrogens is 5. The largest absolute Gasteiger partial charge is 0.309 e. The second-order valence-electron chi connectivity index (χ2n) is 14.5. The molecular weight excluding hydrogens is 683 g/mol. The van der Waals surface area contributed by atoms with E-state index in [-0.39, 0.29) is 0 Å². The zero-order valence-corrected chi connectivity index (χ0v) is 30.1. The summed E-state index contributed by atoms with van der Waals surface area (Å²) in [6, 6.07) is 66.9. The van der Waals surface area contributed by atoms with Crippen molar-refractivity contribution >= 4 is 65.2 Å². The molecule has 0 spiro atoms. The van der Waals surface area contributed by atoms with Gasteiger partial charge in [-0.15, -0.1) is 0 Å². The lowest BCUT2D eigenvalue weighted by Gasteiger charge is -2.12. The Hall–Kier alpha value is -7.63. The van der Waals surface area contributed by atoms with E-state index in [2.05, 4.69) is 137 Å². The van der Waals surface area contributed by atoms with Crippen LogP contribution in [-0.2, 0) is 0 Å². The molecule has 0 aliphatic heterocycles. The lowest BCUT2D eigenvalue weighted by molar-refractivity contribution is 0.953. The van der Waals surface area contributed by atoms with Gasteiger partial charge in [0.25, 0.3) is 0 Å². The molecule has 0 saturated heterocycles. The normalized spacial score (nSPS) is 11.9. The highest BCUT2D eigenvalue weighted by molar-refractivity contribution is 6.25. The maximum absolute atomic E-state index is 5.12. The van der Waals surface area contributed by atoms with Gasteiger partial charge in [-0.2, -0.15) is 9.97 Å². The van der Waals surface area contributed by atoms with Crippen molar-refractivity contribution in [2.75, 3.05) is 0 Å². The number of hydrogen-bond acceptors (Lipinski definition) is 3. The Balaban J connectivity index is 1.08. The van der Waals surface area contributed by atoms with E-state index in [0.29, 0.717) is 17.6 Å². The van der Waals surface area contributed by atoms with E-state index in [0.717, 1.165) is 44.2 Å². The van der Waals surface area contributed by atoms with Gasteiger partial charge in [0, 0.05) is 38.4 Å². The number of para-hydroxylation sites is 1. The Morgan fingerprint density at radius 1 is 0.304 bits per heavy atom. The summed E-state index contributed by atoms with van der Waals surface area (Å²) in [7, 11) is 0. The highest BCUT2D eigenvalue weighted by Gasteiger charge is 2.21. The summed E-state index contributed by atoms with van der Waals surface area (Å²) in [5, 5.41) is 9.84. The van der Waals surface area contributed by atoms with Gasteiger partial charge in [0.2, 0.25) is 5.95 Å². The van der Waals surface area contributed by atoms with Gasteiger partial charge in [-0.1, -0.05) is 140 Å². The monoisotopic (exact) mass is 713 g/mol. The third-order valence-corrected chi connectivity index (χ3v) is 11.3. The summed E-state index contributed by atoms with van der Waals surface area (Å²) in [5.41, 5.74) is 9.87. The summed E-state index contributed by atoms with van der Waals surface area (Å²) < 4.78 is 4.63. The van der Waals surface area contributed by atoms with Crippen LogP contribution in [0.5, 0.6) is 0 Å². The fraction of sp³-hybridized carbons (Fsp3) is 0. The van der Waals surface area contributed by atoms with Gasteiger partial charge in [0.05, 0.1) is 22.1 Å². The van der Waals surface area contributed by atoms with Crippen molar-refractivity contribution in [3.05, 3.63) is 188 Å². The van der Waals surface area contributed by atoms with Crippen LogP contribution in [0.1, 0.15) is 0 Å². The van der Waals surface area contributed by atoms with E-state index in [1.807, 2.05) is 60.7 Å². The van der Waals surface area contributed by atoms with Crippen LogP contribution in [0.2, 0.25) is 0 Å². The van der Waals surface area contributed by atoms with Gasteiger partial charge in [0.1, 0.15) is 0 Å². The molecule has 5 nitrogen and oxygen atoms in total. The number of hydrogen-bond donors (Lipinski definition) is 0. The van der Waals surface area contributed by atoms with Crippen LogP contribution >= 0.6 is 0 Å². The van der Waals surface area contributed by atoms with Crippen LogP contribution < -0.4 is 0 Å². The molecule has 0 N–H and O–H groups in total. The standard InChI is InChI=1S/C51H31N5/c1-3-13-34(14-4-1)49-52-50(35-15-5-2-6-16-35)54-51(53-49)56-43-20-10-9-19-41(43)42-30-37(25-27-44(42)56)39-28-38-23-22-33-18-11-21-45-47(33)48(38)46(31-39)55(45)40-26-24-32-12-7-8-17-36(32)29-40/h1-31H. The molecule has 3 heterocycles. The zero-order valence-electron chi connectivity index (χ0n) is 30.1. The molecule has 0 radical (unpaired) electrons. The van der Waals surface area contributed by atoms with E-state index in [9.17, 15) is 0 Å². The Bertz CT molecular complexity index is 3410. The van der Waals surface area contributed by atoms with Crippen molar-refractivity contribution < 1.29 is 0 Å². The van der Waals surface area contributed by atoms with Crippen LogP contribution in [0.25, 0.3) is 111 Å². The first kappa shape index (κ1) is 30.8. The second kappa shape index (κ2) is 11.9.